The average Bonchev–Trinajstić information content (AvgIpc) is 3.34. The SMILES string of the molecule is COC(=O)c1ccc(C(=O)N2C[C@H](c3ccccc3)[C@@H](O)C2)cc1-n1c(C)ccc1C. The predicted molar refractivity (Wildman–Crippen MR) is 118 cm³/mol. The molecule has 0 aliphatic carbocycles. The molecule has 6 nitrogen and oxygen atoms in total. The lowest BCUT2D eigenvalue weighted by Gasteiger charge is -2.19. The molecular weight excluding hydrogens is 392 g/mol. The molecule has 6 heteroatoms. The number of likely N-dealkylation sites (tertiary alicyclic amines) is 1. The van der Waals surface area contributed by atoms with Gasteiger partial charge in [-0.3, -0.25) is 4.79 Å². The molecule has 1 amide bonds. The Morgan fingerprint density at radius 3 is 2.29 bits per heavy atom. The number of carbonyl (C=O) groups excluding carboxylic acids is 2. The zero-order valence-electron chi connectivity index (χ0n) is 17.9. The quantitative estimate of drug-likeness (QED) is 0.659. The summed E-state index contributed by atoms with van der Waals surface area (Å²) in [4.78, 5) is 27.3. The van der Waals surface area contributed by atoms with Crippen LogP contribution < -0.4 is 0 Å². The zero-order valence-corrected chi connectivity index (χ0v) is 17.9. The molecule has 2 aromatic carbocycles. The smallest absolute Gasteiger partial charge is 0.339 e. The van der Waals surface area contributed by atoms with Crippen LogP contribution in [0.4, 0.5) is 0 Å². The molecule has 31 heavy (non-hydrogen) atoms. The number of amides is 1. The van der Waals surface area contributed by atoms with Crippen LogP contribution in [0.3, 0.4) is 0 Å². The van der Waals surface area contributed by atoms with E-state index >= 15 is 0 Å². The Hall–Kier alpha value is -3.38. The van der Waals surface area contributed by atoms with Crippen molar-refractivity contribution in [3.8, 4) is 5.69 Å². The summed E-state index contributed by atoms with van der Waals surface area (Å²) in [5.74, 6) is -0.743. The van der Waals surface area contributed by atoms with Gasteiger partial charge >= 0.3 is 5.97 Å². The molecule has 1 aromatic heterocycles. The van der Waals surface area contributed by atoms with Gasteiger partial charge in [0, 0.05) is 36.0 Å². The third-order valence-corrected chi connectivity index (χ3v) is 5.97. The first-order valence-corrected chi connectivity index (χ1v) is 10.3. The summed E-state index contributed by atoms with van der Waals surface area (Å²) in [7, 11) is 1.34. The van der Waals surface area contributed by atoms with Crippen LogP contribution in [0, 0.1) is 13.8 Å². The molecule has 0 saturated carbocycles. The van der Waals surface area contributed by atoms with Crippen LogP contribution in [0.25, 0.3) is 5.69 Å². The lowest BCUT2D eigenvalue weighted by Crippen LogP contribution is -2.29. The number of aliphatic hydroxyl groups excluding tert-OH is 1. The number of carbonyl (C=O) groups is 2. The summed E-state index contributed by atoms with van der Waals surface area (Å²) in [6, 6.07) is 18.7. The molecule has 0 bridgehead atoms. The Labute approximate surface area is 181 Å². The van der Waals surface area contributed by atoms with E-state index in [1.807, 2.05) is 60.9 Å². The molecule has 1 N–H and O–H groups in total. The molecule has 0 unspecified atom stereocenters. The van der Waals surface area contributed by atoms with Crippen LogP contribution in [-0.4, -0.2) is 52.8 Å². The second kappa shape index (κ2) is 8.40. The number of nitrogens with zero attached hydrogens (tertiary/aromatic N) is 2. The molecule has 0 spiro atoms. The first kappa shape index (κ1) is 20.9. The number of hydrogen-bond acceptors (Lipinski definition) is 4. The number of esters is 1. The lowest BCUT2D eigenvalue weighted by atomic mass is 9.96. The van der Waals surface area contributed by atoms with Gasteiger partial charge in [-0.25, -0.2) is 4.79 Å². The van der Waals surface area contributed by atoms with E-state index in [9.17, 15) is 14.7 Å². The number of hydrogen-bond donors (Lipinski definition) is 1. The van der Waals surface area contributed by atoms with Gasteiger partial charge < -0.3 is 19.3 Å². The van der Waals surface area contributed by atoms with E-state index in [2.05, 4.69) is 0 Å². The van der Waals surface area contributed by atoms with Crippen molar-refractivity contribution >= 4 is 11.9 Å². The maximum Gasteiger partial charge on any atom is 0.339 e. The summed E-state index contributed by atoms with van der Waals surface area (Å²) < 4.78 is 6.89. The molecule has 1 aliphatic rings. The summed E-state index contributed by atoms with van der Waals surface area (Å²) >= 11 is 0. The van der Waals surface area contributed by atoms with E-state index in [0.29, 0.717) is 23.4 Å². The molecule has 2 heterocycles. The maximum atomic E-state index is 13.3. The van der Waals surface area contributed by atoms with Crippen molar-refractivity contribution in [3.63, 3.8) is 0 Å². The van der Waals surface area contributed by atoms with Crippen molar-refractivity contribution < 1.29 is 19.4 Å². The van der Waals surface area contributed by atoms with Gasteiger partial charge in [-0.15, -0.1) is 0 Å². The number of β-amino-alcohol motifs (C(OH)–C–C–N with tert-alkyl or cyclic N) is 1. The minimum Gasteiger partial charge on any atom is -0.465 e. The number of benzene rings is 2. The van der Waals surface area contributed by atoms with Gasteiger partial charge in [0.2, 0.25) is 0 Å². The molecule has 1 saturated heterocycles. The van der Waals surface area contributed by atoms with Gasteiger partial charge in [-0.05, 0) is 49.7 Å². The Balaban J connectivity index is 1.68. The average molecular weight is 418 g/mol. The summed E-state index contributed by atoms with van der Waals surface area (Å²) in [5.41, 5.74) is 4.39. The van der Waals surface area contributed by atoms with E-state index in [0.717, 1.165) is 17.0 Å². The third-order valence-electron chi connectivity index (χ3n) is 5.97. The minimum atomic E-state index is -0.617. The maximum absolute atomic E-state index is 13.3. The fourth-order valence-electron chi connectivity index (χ4n) is 4.34. The summed E-state index contributed by atoms with van der Waals surface area (Å²) in [5, 5.41) is 10.6. The van der Waals surface area contributed by atoms with Crippen LogP contribution >= 0.6 is 0 Å². The highest BCUT2D eigenvalue weighted by Crippen LogP contribution is 2.30. The third kappa shape index (κ3) is 3.86. The number of aryl methyl sites for hydroxylation is 2. The Morgan fingerprint density at radius 1 is 0.968 bits per heavy atom. The largest absolute Gasteiger partial charge is 0.465 e. The second-order valence-electron chi connectivity index (χ2n) is 7.97. The van der Waals surface area contributed by atoms with E-state index in [1.165, 1.54) is 7.11 Å². The van der Waals surface area contributed by atoms with Gasteiger partial charge in [0.15, 0.2) is 0 Å². The monoisotopic (exact) mass is 418 g/mol. The van der Waals surface area contributed by atoms with Crippen molar-refractivity contribution in [1.82, 2.24) is 9.47 Å². The fraction of sp³-hybridized carbons (Fsp3) is 0.280. The number of aliphatic hydroxyl groups is 1. The van der Waals surface area contributed by atoms with Crippen LogP contribution in [0.2, 0.25) is 0 Å². The number of rotatable bonds is 4. The highest BCUT2D eigenvalue weighted by Gasteiger charge is 2.35. The summed E-state index contributed by atoms with van der Waals surface area (Å²) in [6.07, 6.45) is -0.617. The zero-order chi connectivity index (χ0) is 22.1. The van der Waals surface area contributed by atoms with Crippen molar-refractivity contribution in [2.24, 2.45) is 0 Å². The number of methoxy groups -OCH3 is 1. The van der Waals surface area contributed by atoms with Gasteiger partial charge in [0.1, 0.15) is 0 Å². The van der Waals surface area contributed by atoms with Crippen molar-refractivity contribution in [2.45, 2.75) is 25.9 Å². The molecular formula is C25H26N2O4. The highest BCUT2D eigenvalue weighted by molar-refractivity contribution is 5.99. The van der Waals surface area contributed by atoms with Crippen LogP contribution in [-0.2, 0) is 4.74 Å². The van der Waals surface area contributed by atoms with Gasteiger partial charge in [-0.2, -0.15) is 0 Å². The Bertz CT molecular complexity index is 1100. The minimum absolute atomic E-state index is 0.118. The summed E-state index contributed by atoms with van der Waals surface area (Å²) in [6.45, 7) is 4.61. The fourth-order valence-corrected chi connectivity index (χ4v) is 4.34. The molecule has 160 valence electrons. The van der Waals surface area contributed by atoms with Gasteiger partial charge in [0.05, 0.1) is 24.5 Å². The highest BCUT2D eigenvalue weighted by atomic mass is 16.5. The van der Waals surface area contributed by atoms with Crippen molar-refractivity contribution in [2.75, 3.05) is 20.2 Å². The van der Waals surface area contributed by atoms with Crippen LogP contribution in [0.5, 0.6) is 0 Å². The number of ether oxygens (including phenoxy) is 1. The molecule has 4 rings (SSSR count). The van der Waals surface area contributed by atoms with E-state index in [1.54, 1.807) is 23.1 Å². The topological polar surface area (TPSA) is 71.8 Å². The molecule has 2 atom stereocenters. The standard InChI is InChI=1S/C25H26N2O4/c1-16-9-10-17(2)27(16)22-13-19(11-12-20(22)25(30)31-3)24(29)26-14-21(23(28)15-26)18-7-5-4-6-8-18/h4-13,21,23,28H,14-15H2,1-3H3/t21-,23+/m1/s1. The molecule has 1 aliphatic heterocycles. The predicted octanol–water partition coefficient (Wildman–Crippen LogP) is 3.48. The Kier molecular flexibility index (Phi) is 5.65. The van der Waals surface area contributed by atoms with Gasteiger partial charge in [0.25, 0.3) is 5.91 Å². The normalized spacial score (nSPS) is 18.3. The number of aromatic nitrogens is 1. The first-order chi connectivity index (χ1) is 14.9. The first-order valence-electron chi connectivity index (χ1n) is 10.3. The van der Waals surface area contributed by atoms with E-state index in [4.69, 9.17) is 4.74 Å². The second-order valence-corrected chi connectivity index (χ2v) is 7.97. The van der Waals surface area contributed by atoms with Crippen molar-refractivity contribution in [3.05, 3.63) is 88.7 Å². The van der Waals surface area contributed by atoms with Crippen LogP contribution in [0.1, 0.15) is 43.6 Å². The molecule has 1 fully saturated rings. The molecule has 0 radical (unpaired) electrons. The van der Waals surface area contributed by atoms with E-state index in [-0.39, 0.29) is 18.4 Å². The van der Waals surface area contributed by atoms with Crippen molar-refractivity contribution in [1.29, 1.82) is 0 Å². The Morgan fingerprint density at radius 2 is 1.65 bits per heavy atom. The lowest BCUT2D eigenvalue weighted by molar-refractivity contribution is 0.0600. The van der Waals surface area contributed by atoms with Gasteiger partial charge in [-0.1, -0.05) is 30.3 Å². The van der Waals surface area contributed by atoms with Crippen LogP contribution in [0.15, 0.2) is 60.7 Å². The molecule has 3 aromatic rings. The van der Waals surface area contributed by atoms with E-state index < -0.39 is 12.1 Å².